The topological polar surface area (TPSA) is 91.0 Å². The number of aryl methyl sites for hydroxylation is 1. The third kappa shape index (κ3) is 5.08. The summed E-state index contributed by atoms with van der Waals surface area (Å²) in [4.78, 5) is 40.3. The highest BCUT2D eigenvalue weighted by molar-refractivity contribution is 5.95. The first kappa shape index (κ1) is 21.2. The molecule has 0 fully saturated rings. The number of likely N-dealkylation sites (N-methyl/N-ethyl adjacent to an activating group) is 2. The Morgan fingerprint density at radius 1 is 1.13 bits per heavy atom. The highest BCUT2D eigenvalue weighted by Crippen LogP contribution is 2.33. The van der Waals surface area contributed by atoms with Crippen LogP contribution in [0.15, 0.2) is 48.5 Å². The summed E-state index contributed by atoms with van der Waals surface area (Å²) in [6, 6.07) is 14.7. The highest BCUT2D eigenvalue weighted by atomic mass is 16.5. The van der Waals surface area contributed by atoms with Crippen LogP contribution in [-0.2, 0) is 14.4 Å². The summed E-state index contributed by atoms with van der Waals surface area (Å²) in [5.74, 6) is -0.223. The van der Waals surface area contributed by atoms with E-state index in [0.717, 1.165) is 11.3 Å². The molecule has 0 saturated carbocycles. The van der Waals surface area contributed by atoms with Gasteiger partial charge in [-0.3, -0.25) is 14.4 Å². The van der Waals surface area contributed by atoms with Gasteiger partial charge in [0.15, 0.2) is 6.10 Å². The Kier molecular flexibility index (Phi) is 6.56. The number of hydrogen-bond donors (Lipinski definition) is 2. The average Bonchev–Trinajstić information content (AvgIpc) is 2.74. The van der Waals surface area contributed by atoms with Gasteiger partial charge < -0.3 is 25.2 Å². The Morgan fingerprint density at radius 3 is 2.53 bits per heavy atom. The summed E-state index contributed by atoms with van der Waals surface area (Å²) < 4.78 is 5.75. The van der Waals surface area contributed by atoms with E-state index in [1.54, 1.807) is 25.1 Å². The monoisotopic (exact) mass is 410 g/mol. The van der Waals surface area contributed by atoms with Gasteiger partial charge in [0, 0.05) is 19.8 Å². The lowest BCUT2D eigenvalue weighted by molar-refractivity contribution is -0.132. The summed E-state index contributed by atoms with van der Waals surface area (Å²) in [6.45, 7) is 2.17. The van der Waals surface area contributed by atoms with Crippen molar-refractivity contribution in [1.82, 2.24) is 10.2 Å². The minimum absolute atomic E-state index is 0.0299. The third-order valence-electron chi connectivity index (χ3n) is 4.87. The van der Waals surface area contributed by atoms with Crippen LogP contribution >= 0.6 is 0 Å². The second-order valence-corrected chi connectivity index (χ2v) is 7.23. The summed E-state index contributed by atoms with van der Waals surface area (Å²) in [7, 11) is 3.13. The number of carbonyl (C=O) groups is 3. The SMILES string of the molecule is CNC(=O)[C@@H]1CN(CC(=O)N(C)CC(=O)Nc2ccc(C)cc2)c2ccccc2O1. The average molecular weight is 410 g/mol. The zero-order valence-corrected chi connectivity index (χ0v) is 17.3. The van der Waals surface area contributed by atoms with Gasteiger partial charge in [0.05, 0.1) is 25.3 Å². The maximum Gasteiger partial charge on any atom is 0.262 e. The fourth-order valence-electron chi connectivity index (χ4n) is 3.18. The molecule has 1 aliphatic heterocycles. The molecule has 1 heterocycles. The Bertz CT molecular complexity index is 929. The van der Waals surface area contributed by atoms with E-state index >= 15 is 0 Å². The van der Waals surface area contributed by atoms with Gasteiger partial charge in [0.1, 0.15) is 5.75 Å². The molecule has 3 rings (SSSR count). The van der Waals surface area contributed by atoms with Crippen LogP contribution in [0.25, 0.3) is 0 Å². The molecule has 1 aliphatic rings. The molecule has 1 atom stereocenters. The first-order valence-electron chi connectivity index (χ1n) is 9.70. The van der Waals surface area contributed by atoms with Crippen LogP contribution in [0.2, 0.25) is 0 Å². The molecule has 0 aliphatic carbocycles. The summed E-state index contributed by atoms with van der Waals surface area (Å²) in [5.41, 5.74) is 2.52. The lowest BCUT2D eigenvalue weighted by Crippen LogP contribution is -2.51. The van der Waals surface area contributed by atoms with Crippen LogP contribution in [0.1, 0.15) is 5.56 Å². The molecule has 158 valence electrons. The number of ether oxygens (including phenoxy) is 1. The van der Waals surface area contributed by atoms with Gasteiger partial charge in [0.2, 0.25) is 11.8 Å². The second kappa shape index (κ2) is 9.30. The molecule has 0 unspecified atom stereocenters. The molecule has 8 heteroatoms. The van der Waals surface area contributed by atoms with Crippen molar-refractivity contribution in [3.63, 3.8) is 0 Å². The molecule has 3 amide bonds. The third-order valence-corrected chi connectivity index (χ3v) is 4.87. The zero-order valence-electron chi connectivity index (χ0n) is 17.3. The number of benzene rings is 2. The van der Waals surface area contributed by atoms with Crippen molar-refractivity contribution in [2.45, 2.75) is 13.0 Å². The Morgan fingerprint density at radius 2 is 1.83 bits per heavy atom. The number of hydrogen-bond acceptors (Lipinski definition) is 5. The van der Waals surface area contributed by atoms with Crippen molar-refractivity contribution in [1.29, 1.82) is 0 Å². The number of anilines is 2. The van der Waals surface area contributed by atoms with Gasteiger partial charge in [-0.1, -0.05) is 29.8 Å². The summed E-state index contributed by atoms with van der Waals surface area (Å²) >= 11 is 0. The van der Waals surface area contributed by atoms with Gasteiger partial charge >= 0.3 is 0 Å². The Labute approximate surface area is 175 Å². The normalized spacial score (nSPS) is 14.9. The van der Waals surface area contributed by atoms with E-state index < -0.39 is 6.10 Å². The van der Waals surface area contributed by atoms with E-state index in [-0.39, 0.29) is 37.4 Å². The molecular weight excluding hydrogens is 384 g/mol. The smallest absolute Gasteiger partial charge is 0.262 e. The number of amides is 3. The van der Waals surface area contributed by atoms with Crippen molar-refractivity contribution >= 4 is 29.1 Å². The predicted molar refractivity (Wildman–Crippen MR) is 115 cm³/mol. The van der Waals surface area contributed by atoms with Crippen molar-refractivity contribution < 1.29 is 19.1 Å². The maximum atomic E-state index is 12.8. The number of rotatable bonds is 6. The number of fused-ring (bicyclic) bond motifs is 1. The van der Waals surface area contributed by atoms with Gasteiger partial charge in [-0.05, 0) is 31.2 Å². The molecule has 2 N–H and O–H groups in total. The fraction of sp³-hybridized carbons (Fsp3) is 0.318. The van der Waals surface area contributed by atoms with Crippen LogP contribution in [0.3, 0.4) is 0 Å². The largest absolute Gasteiger partial charge is 0.477 e. The first-order valence-corrected chi connectivity index (χ1v) is 9.70. The van der Waals surface area contributed by atoms with E-state index in [1.807, 2.05) is 49.4 Å². The molecular formula is C22H26N4O4. The van der Waals surface area contributed by atoms with Crippen LogP contribution < -0.4 is 20.3 Å². The first-order chi connectivity index (χ1) is 14.4. The van der Waals surface area contributed by atoms with Crippen LogP contribution in [0.5, 0.6) is 5.75 Å². The minimum atomic E-state index is -0.715. The molecule has 8 nitrogen and oxygen atoms in total. The number of para-hydroxylation sites is 2. The lowest BCUT2D eigenvalue weighted by Gasteiger charge is -2.35. The number of nitrogens with zero attached hydrogens (tertiary/aromatic N) is 2. The van der Waals surface area contributed by atoms with Crippen molar-refractivity contribution in [3.05, 3.63) is 54.1 Å². The quantitative estimate of drug-likeness (QED) is 0.751. The molecule has 0 bridgehead atoms. The standard InChI is InChI=1S/C22H26N4O4/c1-15-8-10-16(11-9-15)24-20(27)13-25(3)21(28)14-26-12-19(22(29)23-2)30-18-7-5-4-6-17(18)26/h4-11,19H,12-14H2,1-3H3,(H,23,29)(H,24,27)/t19-/m0/s1. The van der Waals surface area contributed by atoms with Crippen LogP contribution in [0, 0.1) is 6.92 Å². The van der Waals surface area contributed by atoms with E-state index in [1.165, 1.54) is 4.90 Å². The Balaban J connectivity index is 1.62. The lowest BCUT2D eigenvalue weighted by atomic mass is 10.1. The summed E-state index contributed by atoms with van der Waals surface area (Å²) in [5, 5.41) is 5.36. The van der Waals surface area contributed by atoms with Crippen LogP contribution in [-0.4, -0.2) is 62.5 Å². The maximum absolute atomic E-state index is 12.8. The van der Waals surface area contributed by atoms with E-state index in [9.17, 15) is 14.4 Å². The van der Waals surface area contributed by atoms with Crippen molar-refractivity contribution in [2.24, 2.45) is 0 Å². The van der Waals surface area contributed by atoms with Crippen LogP contribution in [0.4, 0.5) is 11.4 Å². The molecule has 30 heavy (non-hydrogen) atoms. The molecule has 0 aromatic heterocycles. The molecule has 2 aromatic rings. The number of carbonyl (C=O) groups excluding carboxylic acids is 3. The number of nitrogens with one attached hydrogen (secondary N) is 2. The van der Waals surface area contributed by atoms with Gasteiger partial charge in [-0.25, -0.2) is 0 Å². The van der Waals surface area contributed by atoms with Gasteiger partial charge in [0.25, 0.3) is 5.91 Å². The molecule has 0 radical (unpaired) electrons. The highest BCUT2D eigenvalue weighted by Gasteiger charge is 2.31. The van der Waals surface area contributed by atoms with E-state index in [4.69, 9.17) is 4.74 Å². The zero-order chi connectivity index (χ0) is 21.7. The molecule has 0 spiro atoms. The Hall–Kier alpha value is -3.55. The summed E-state index contributed by atoms with van der Waals surface area (Å²) in [6.07, 6.45) is -0.715. The van der Waals surface area contributed by atoms with Crippen molar-refractivity contribution in [3.8, 4) is 5.75 Å². The minimum Gasteiger partial charge on any atom is -0.477 e. The molecule has 2 aromatic carbocycles. The fourth-order valence-corrected chi connectivity index (χ4v) is 3.18. The van der Waals surface area contributed by atoms with Crippen molar-refractivity contribution in [2.75, 3.05) is 43.9 Å². The second-order valence-electron chi connectivity index (χ2n) is 7.23. The molecule has 0 saturated heterocycles. The van der Waals surface area contributed by atoms with E-state index in [0.29, 0.717) is 11.4 Å². The van der Waals surface area contributed by atoms with Gasteiger partial charge in [-0.2, -0.15) is 0 Å². The predicted octanol–water partition coefficient (Wildman–Crippen LogP) is 1.41. The van der Waals surface area contributed by atoms with Gasteiger partial charge in [-0.15, -0.1) is 0 Å². The van der Waals surface area contributed by atoms with E-state index in [2.05, 4.69) is 10.6 Å².